The zero-order valence-electron chi connectivity index (χ0n) is 7.44. The highest BCUT2D eigenvalue weighted by atomic mass is 35.5. The fourth-order valence-corrected chi connectivity index (χ4v) is 1.02. The van der Waals surface area contributed by atoms with Crippen LogP contribution in [0.3, 0.4) is 0 Å². The van der Waals surface area contributed by atoms with Crippen LogP contribution >= 0.6 is 11.6 Å². The minimum absolute atomic E-state index is 0.614. The van der Waals surface area contributed by atoms with Crippen molar-refractivity contribution in [3.8, 4) is 0 Å². The van der Waals surface area contributed by atoms with Crippen molar-refractivity contribution < 1.29 is 0 Å². The summed E-state index contributed by atoms with van der Waals surface area (Å²) in [6, 6.07) is 0.614. The molecule has 0 radical (unpaired) electrons. The molecule has 0 aromatic carbocycles. The lowest BCUT2D eigenvalue weighted by molar-refractivity contribution is 0.519. The van der Waals surface area contributed by atoms with Gasteiger partial charge in [-0.3, -0.25) is 0 Å². The number of unbranched alkanes of at least 4 members (excludes halogenated alkanes) is 1. The lowest BCUT2D eigenvalue weighted by atomic mass is 10.1. The Morgan fingerprint density at radius 3 is 2.82 bits per heavy atom. The van der Waals surface area contributed by atoms with Crippen LogP contribution in [-0.4, -0.2) is 12.6 Å². The highest BCUT2D eigenvalue weighted by Gasteiger charge is 1.96. The Labute approximate surface area is 74.8 Å². The molecule has 2 heteroatoms. The summed E-state index contributed by atoms with van der Waals surface area (Å²) in [6.07, 6.45) is 5.76. The normalized spacial score (nSPS) is 14.1. The molecule has 1 unspecified atom stereocenters. The van der Waals surface area contributed by atoms with Crippen molar-refractivity contribution in [1.29, 1.82) is 0 Å². The fourth-order valence-electron chi connectivity index (χ4n) is 0.926. The van der Waals surface area contributed by atoms with E-state index in [1.54, 1.807) is 5.54 Å². The minimum atomic E-state index is 0.614. The molecule has 0 heterocycles. The number of hydrogen-bond acceptors (Lipinski definition) is 1. The third-order valence-corrected chi connectivity index (χ3v) is 1.84. The van der Waals surface area contributed by atoms with Gasteiger partial charge in [-0.1, -0.05) is 37.4 Å². The van der Waals surface area contributed by atoms with Crippen LogP contribution in [0.4, 0.5) is 0 Å². The van der Waals surface area contributed by atoms with Gasteiger partial charge in [-0.15, -0.1) is 0 Å². The summed E-state index contributed by atoms with van der Waals surface area (Å²) in [5.74, 6) is 0. The fraction of sp³-hybridized carbons (Fsp3) is 0.778. The molecular formula is C9H18ClN. The van der Waals surface area contributed by atoms with E-state index in [1.165, 1.54) is 19.3 Å². The largest absolute Gasteiger partial charge is 0.311 e. The SMILES string of the molecule is CCCCC(C)NC/C=C/Cl. The maximum Gasteiger partial charge on any atom is 0.0148 e. The van der Waals surface area contributed by atoms with E-state index in [1.807, 2.05) is 6.08 Å². The monoisotopic (exact) mass is 175 g/mol. The summed E-state index contributed by atoms with van der Waals surface area (Å²) in [7, 11) is 0. The molecule has 0 saturated carbocycles. The summed E-state index contributed by atoms with van der Waals surface area (Å²) >= 11 is 5.37. The topological polar surface area (TPSA) is 12.0 Å². The molecule has 0 aliphatic rings. The highest BCUT2D eigenvalue weighted by molar-refractivity contribution is 6.25. The van der Waals surface area contributed by atoms with Crippen molar-refractivity contribution in [1.82, 2.24) is 5.32 Å². The van der Waals surface area contributed by atoms with E-state index in [9.17, 15) is 0 Å². The van der Waals surface area contributed by atoms with Gasteiger partial charge in [-0.2, -0.15) is 0 Å². The van der Waals surface area contributed by atoms with Gasteiger partial charge in [0.1, 0.15) is 0 Å². The Hall–Kier alpha value is -0.0100. The zero-order chi connectivity index (χ0) is 8.53. The molecule has 1 atom stereocenters. The van der Waals surface area contributed by atoms with Gasteiger partial charge in [-0.25, -0.2) is 0 Å². The molecule has 0 rings (SSSR count). The van der Waals surface area contributed by atoms with Crippen molar-refractivity contribution in [3.05, 3.63) is 11.6 Å². The highest BCUT2D eigenvalue weighted by Crippen LogP contribution is 1.98. The first-order valence-electron chi connectivity index (χ1n) is 4.29. The van der Waals surface area contributed by atoms with Crippen LogP contribution in [0.2, 0.25) is 0 Å². The standard InChI is InChI=1S/C9H18ClN/c1-3-4-6-9(2)11-8-5-7-10/h5,7,9,11H,3-4,6,8H2,1-2H3/b7-5+. The van der Waals surface area contributed by atoms with Crippen LogP contribution in [0.5, 0.6) is 0 Å². The van der Waals surface area contributed by atoms with E-state index in [-0.39, 0.29) is 0 Å². The summed E-state index contributed by atoms with van der Waals surface area (Å²) in [4.78, 5) is 0. The molecule has 0 bridgehead atoms. The molecule has 0 aromatic rings. The number of rotatable bonds is 6. The number of hydrogen-bond donors (Lipinski definition) is 1. The molecule has 0 spiro atoms. The smallest absolute Gasteiger partial charge is 0.0148 e. The van der Waals surface area contributed by atoms with Crippen LogP contribution < -0.4 is 5.32 Å². The number of halogens is 1. The van der Waals surface area contributed by atoms with Gasteiger partial charge in [-0.05, 0) is 13.3 Å². The van der Waals surface area contributed by atoms with Gasteiger partial charge in [0.05, 0.1) is 0 Å². The number of nitrogens with one attached hydrogen (secondary N) is 1. The van der Waals surface area contributed by atoms with Crippen molar-refractivity contribution in [2.24, 2.45) is 0 Å². The van der Waals surface area contributed by atoms with Gasteiger partial charge >= 0.3 is 0 Å². The molecule has 0 aliphatic carbocycles. The molecule has 0 amide bonds. The van der Waals surface area contributed by atoms with Gasteiger partial charge in [0, 0.05) is 18.1 Å². The molecule has 0 aromatic heterocycles. The van der Waals surface area contributed by atoms with E-state index in [0.29, 0.717) is 6.04 Å². The third kappa shape index (κ3) is 7.89. The predicted octanol–water partition coefficient (Wildman–Crippen LogP) is 2.91. The molecule has 0 saturated heterocycles. The minimum Gasteiger partial charge on any atom is -0.311 e. The molecule has 0 fully saturated rings. The van der Waals surface area contributed by atoms with E-state index in [2.05, 4.69) is 19.2 Å². The van der Waals surface area contributed by atoms with Crippen molar-refractivity contribution in [2.45, 2.75) is 39.2 Å². The van der Waals surface area contributed by atoms with E-state index >= 15 is 0 Å². The summed E-state index contributed by atoms with van der Waals surface area (Å²) in [5.41, 5.74) is 1.56. The lowest BCUT2D eigenvalue weighted by Crippen LogP contribution is -2.25. The lowest BCUT2D eigenvalue weighted by Gasteiger charge is -2.10. The van der Waals surface area contributed by atoms with Gasteiger partial charge in [0.25, 0.3) is 0 Å². The second-order valence-electron chi connectivity index (χ2n) is 2.81. The van der Waals surface area contributed by atoms with Gasteiger partial charge < -0.3 is 5.32 Å². The first kappa shape index (κ1) is 11.0. The first-order valence-corrected chi connectivity index (χ1v) is 4.73. The van der Waals surface area contributed by atoms with Crippen LogP contribution in [0.15, 0.2) is 11.6 Å². The van der Waals surface area contributed by atoms with E-state index in [0.717, 1.165) is 6.54 Å². The Morgan fingerprint density at radius 1 is 1.55 bits per heavy atom. The van der Waals surface area contributed by atoms with Gasteiger partial charge in [0.2, 0.25) is 0 Å². The van der Waals surface area contributed by atoms with Crippen molar-refractivity contribution in [3.63, 3.8) is 0 Å². The van der Waals surface area contributed by atoms with Crippen LogP contribution in [0.25, 0.3) is 0 Å². The summed E-state index contributed by atoms with van der Waals surface area (Å²) in [6.45, 7) is 5.30. The van der Waals surface area contributed by atoms with Crippen LogP contribution in [0, 0.1) is 0 Å². The third-order valence-electron chi connectivity index (χ3n) is 1.66. The van der Waals surface area contributed by atoms with Gasteiger partial charge in [0.15, 0.2) is 0 Å². The molecule has 66 valence electrons. The average Bonchev–Trinajstić information content (AvgIpc) is 2.01. The molecule has 0 aliphatic heterocycles. The van der Waals surface area contributed by atoms with Crippen molar-refractivity contribution >= 4 is 11.6 Å². The van der Waals surface area contributed by atoms with Crippen LogP contribution in [-0.2, 0) is 0 Å². The first-order chi connectivity index (χ1) is 5.31. The molecular weight excluding hydrogens is 158 g/mol. The molecule has 1 nitrogen and oxygen atoms in total. The Bertz CT molecular complexity index is 102. The maximum absolute atomic E-state index is 5.37. The predicted molar refractivity (Wildman–Crippen MR) is 52.0 cm³/mol. The quantitative estimate of drug-likeness (QED) is 0.655. The van der Waals surface area contributed by atoms with Crippen molar-refractivity contribution in [2.75, 3.05) is 6.54 Å². The molecule has 1 N–H and O–H groups in total. The maximum atomic E-state index is 5.37. The Balaban J connectivity index is 3.15. The average molecular weight is 176 g/mol. The zero-order valence-corrected chi connectivity index (χ0v) is 8.19. The summed E-state index contributed by atoms with van der Waals surface area (Å²) in [5, 5.41) is 3.35. The van der Waals surface area contributed by atoms with E-state index in [4.69, 9.17) is 11.6 Å². The van der Waals surface area contributed by atoms with E-state index < -0.39 is 0 Å². The summed E-state index contributed by atoms with van der Waals surface area (Å²) < 4.78 is 0. The Morgan fingerprint density at radius 2 is 2.27 bits per heavy atom. The second kappa shape index (κ2) is 8.09. The molecule has 11 heavy (non-hydrogen) atoms. The van der Waals surface area contributed by atoms with Crippen LogP contribution in [0.1, 0.15) is 33.1 Å². The second-order valence-corrected chi connectivity index (χ2v) is 3.07. The Kier molecular flexibility index (Phi) is 8.08.